The minimum Gasteiger partial charge on any atom is -0.284 e. The molecule has 4 atom stereocenters. The Kier molecular flexibility index (Phi) is 8.02. The molecule has 4 heterocycles. The molecule has 56 heavy (non-hydrogen) atoms. The van der Waals surface area contributed by atoms with Crippen molar-refractivity contribution in [3.63, 3.8) is 0 Å². The van der Waals surface area contributed by atoms with Crippen molar-refractivity contribution in [2.75, 3.05) is 9.80 Å². The third kappa shape index (κ3) is 5.11. The van der Waals surface area contributed by atoms with E-state index in [1.165, 1.54) is 45.2 Å². The van der Waals surface area contributed by atoms with Crippen molar-refractivity contribution in [3.8, 4) is 0 Å². The highest BCUT2D eigenvalue weighted by atomic mass is 33.1. The predicted octanol–water partition coefficient (Wildman–Crippen LogP) is 7.52. The Balaban J connectivity index is 0.809. The molecule has 2 unspecified atom stereocenters. The zero-order valence-electron chi connectivity index (χ0n) is 30.4. The first-order valence-electron chi connectivity index (χ1n) is 18.6. The Morgan fingerprint density at radius 3 is 1.18 bits per heavy atom. The molecule has 0 spiro atoms. The van der Waals surface area contributed by atoms with Crippen LogP contribution in [0.2, 0.25) is 0 Å². The van der Waals surface area contributed by atoms with Gasteiger partial charge in [0.1, 0.15) is 0 Å². The maximum absolute atomic E-state index is 13.8. The predicted molar refractivity (Wildman–Crippen MR) is 215 cm³/mol. The molecule has 0 saturated carbocycles. The third-order valence-corrected chi connectivity index (χ3v) is 14.4. The lowest BCUT2D eigenvalue weighted by Gasteiger charge is -2.23. The fraction of sp³-hybridized carbons (Fsp3) is 0.227. The summed E-state index contributed by atoms with van der Waals surface area (Å²) >= 11 is 0. The van der Waals surface area contributed by atoms with E-state index < -0.39 is 23.7 Å². The summed E-state index contributed by atoms with van der Waals surface area (Å²) in [6.07, 6.45) is 1.52. The normalized spacial score (nSPS) is 21.5. The molecular weight excluding hydrogens is 745 g/mol. The summed E-state index contributed by atoms with van der Waals surface area (Å²) in [4.78, 5) is 84.8. The van der Waals surface area contributed by atoms with Crippen LogP contribution in [0, 0.1) is 23.7 Å². The van der Waals surface area contributed by atoms with Gasteiger partial charge >= 0.3 is 0 Å². The smallest absolute Gasteiger partial charge is 0.238 e. The molecule has 4 aliphatic rings. The molecule has 12 heteroatoms. The molecule has 2 aliphatic carbocycles. The zero-order chi connectivity index (χ0) is 38.6. The number of hydrogen-bond donors (Lipinski definition) is 0. The van der Waals surface area contributed by atoms with Crippen molar-refractivity contribution in [3.05, 3.63) is 120 Å². The van der Waals surface area contributed by atoms with Crippen molar-refractivity contribution >= 4 is 90.2 Å². The number of anilines is 2. The lowest BCUT2D eigenvalue weighted by Crippen LogP contribution is -2.31. The van der Waals surface area contributed by atoms with Crippen LogP contribution in [0.25, 0.3) is 21.8 Å². The molecule has 2 fully saturated rings. The fourth-order valence-corrected chi connectivity index (χ4v) is 11.5. The van der Waals surface area contributed by atoms with Crippen molar-refractivity contribution < 1.29 is 28.8 Å². The number of hydrogen-bond acceptors (Lipinski definition) is 8. The number of amides is 4. The Labute approximate surface area is 329 Å². The van der Waals surface area contributed by atoms with Crippen LogP contribution in [-0.4, -0.2) is 44.6 Å². The summed E-state index contributed by atoms with van der Waals surface area (Å²) in [5, 5.41) is 1.91. The highest BCUT2D eigenvalue weighted by Crippen LogP contribution is 2.46. The van der Waals surface area contributed by atoms with Crippen molar-refractivity contribution in [1.29, 1.82) is 0 Å². The van der Waals surface area contributed by atoms with Crippen LogP contribution in [0.15, 0.2) is 107 Å². The first-order valence-corrected chi connectivity index (χ1v) is 20.8. The van der Waals surface area contributed by atoms with Crippen LogP contribution in [0.5, 0.6) is 0 Å². The van der Waals surface area contributed by atoms with Crippen molar-refractivity contribution in [2.24, 2.45) is 23.7 Å². The van der Waals surface area contributed by atoms with Gasteiger partial charge in [-0.05, 0) is 84.6 Å². The number of rotatable bonds is 5. The summed E-state index contributed by atoms with van der Waals surface area (Å²) in [5.41, 5.74) is 6.27. The highest BCUT2D eigenvalue weighted by molar-refractivity contribution is 8.76. The monoisotopic (exact) mass is 778 g/mol. The van der Waals surface area contributed by atoms with Crippen LogP contribution >= 0.6 is 21.6 Å². The average molecular weight is 779 g/mol. The Hall–Kier alpha value is -5.72. The van der Waals surface area contributed by atoms with Crippen molar-refractivity contribution in [1.82, 2.24) is 9.13 Å². The lowest BCUT2D eigenvalue weighted by atomic mass is 9.79. The van der Waals surface area contributed by atoms with Crippen LogP contribution < -0.4 is 9.80 Å². The molecule has 2 saturated heterocycles. The van der Waals surface area contributed by atoms with Crippen LogP contribution in [-0.2, 0) is 44.9 Å². The highest BCUT2D eigenvalue weighted by Gasteiger charge is 2.52. The first kappa shape index (κ1) is 34.7. The molecule has 0 radical (unpaired) electrons. The molecule has 10 rings (SSSR count). The Morgan fingerprint density at radius 2 is 0.821 bits per heavy atom. The van der Waals surface area contributed by atoms with Gasteiger partial charge in [0.2, 0.25) is 35.4 Å². The van der Waals surface area contributed by atoms with Crippen LogP contribution in [0.4, 0.5) is 11.4 Å². The number of benzene rings is 4. The van der Waals surface area contributed by atoms with E-state index >= 15 is 0 Å². The van der Waals surface area contributed by atoms with Gasteiger partial charge in [0.05, 0.1) is 46.1 Å². The lowest BCUT2D eigenvalue weighted by molar-refractivity contribution is -0.124. The topological polar surface area (TPSA) is 119 Å². The van der Waals surface area contributed by atoms with Gasteiger partial charge in [-0.1, -0.05) is 58.0 Å². The SMILES string of the molecule is CC(=O)n1c2c(c3ccccc31)CC1C(=O)N(c3ccc(SSc4ccc(N5C(=O)[C@H]6Cc7c(c8ccccc8n7C(C)=O)C[C@H]6C5=O)cc4)cc3)C(=O)C1C2. The molecular formula is C44H34N4O6S2. The van der Waals surface area contributed by atoms with Crippen LogP contribution in [0.1, 0.15) is 46.0 Å². The molecule has 0 N–H and O–H groups in total. The van der Waals surface area contributed by atoms with Gasteiger partial charge in [-0.2, -0.15) is 0 Å². The standard InChI is InChI=1S/C44H34N4O6S2/c1-23(49)45-37-9-5-3-7-29(37)31-19-33-35(21-39(31)45)43(53)47(41(33)51)25-11-15-27(16-12-25)55-56-28-17-13-26(14-18-28)48-42(52)34-20-32-30-8-4-6-10-38(30)46(24(2)50)40(32)22-36(34)44(48)54/h3-18,33-36H,19-22H2,1-2H3/t33-,34?,35+,36?/m1/s1. The summed E-state index contributed by atoms with van der Waals surface area (Å²) < 4.78 is 3.39. The minimum atomic E-state index is -0.521. The second-order valence-electron chi connectivity index (χ2n) is 15.0. The van der Waals surface area contributed by atoms with Crippen molar-refractivity contribution in [2.45, 2.75) is 49.3 Å². The molecule has 2 aromatic heterocycles. The number of carbonyl (C=O) groups is 6. The Bertz CT molecular complexity index is 2540. The summed E-state index contributed by atoms with van der Waals surface area (Å²) in [7, 11) is 3.03. The average Bonchev–Trinajstić information content (AvgIpc) is 3.87. The minimum absolute atomic E-state index is 0.109. The maximum atomic E-state index is 13.8. The number of carbonyl (C=O) groups excluding carboxylic acids is 6. The van der Waals surface area contributed by atoms with Gasteiger partial charge < -0.3 is 0 Å². The molecule has 0 bridgehead atoms. The number of imide groups is 2. The van der Waals surface area contributed by atoms with E-state index in [4.69, 9.17) is 0 Å². The van der Waals surface area contributed by atoms with Gasteiger partial charge in [0, 0.05) is 58.6 Å². The Morgan fingerprint density at radius 1 is 0.482 bits per heavy atom. The van der Waals surface area contributed by atoms with Crippen LogP contribution in [0.3, 0.4) is 0 Å². The number of para-hydroxylation sites is 2. The van der Waals surface area contributed by atoms with Gasteiger partial charge in [0.25, 0.3) is 0 Å². The van der Waals surface area contributed by atoms with Gasteiger partial charge in [0.15, 0.2) is 0 Å². The van der Waals surface area contributed by atoms with E-state index in [1.807, 2.05) is 72.8 Å². The quantitative estimate of drug-likeness (QED) is 0.130. The number of aromatic nitrogens is 2. The van der Waals surface area contributed by atoms with E-state index in [-0.39, 0.29) is 35.4 Å². The summed E-state index contributed by atoms with van der Waals surface area (Å²) in [5.74, 6) is -3.11. The molecule has 278 valence electrons. The number of fused-ring (bicyclic) bond motifs is 8. The third-order valence-electron chi connectivity index (χ3n) is 12.0. The first-order chi connectivity index (χ1) is 27.1. The summed E-state index contributed by atoms with van der Waals surface area (Å²) in [6, 6.07) is 30.1. The second kappa shape index (κ2) is 12.9. The second-order valence-corrected chi connectivity index (χ2v) is 17.3. The van der Waals surface area contributed by atoms with E-state index in [2.05, 4.69) is 0 Å². The van der Waals surface area contributed by atoms with Gasteiger partial charge in [-0.15, -0.1) is 0 Å². The van der Waals surface area contributed by atoms with E-state index in [0.29, 0.717) is 37.1 Å². The van der Waals surface area contributed by atoms with E-state index in [1.54, 1.807) is 33.4 Å². The molecule has 4 amide bonds. The summed E-state index contributed by atoms with van der Waals surface area (Å²) in [6.45, 7) is 3.05. The van der Waals surface area contributed by atoms with E-state index in [0.717, 1.165) is 54.1 Å². The van der Waals surface area contributed by atoms with Gasteiger partial charge in [-0.3, -0.25) is 47.7 Å². The molecule has 4 aromatic carbocycles. The van der Waals surface area contributed by atoms with Gasteiger partial charge in [-0.25, -0.2) is 0 Å². The molecule has 10 nitrogen and oxygen atoms in total. The fourth-order valence-electron chi connectivity index (χ4n) is 9.57. The largest absolute Gasteiger partial charge is 0.284 e. The van der Waals surface area contributed by atoms with E-state index in [9.17, 15) is 28.8 Å². The number of nitrogens with zero attached hydrogens (tertiary/aromatic N) is 4. The molecule has 6 aromatic rings. The molecule has 2 aliphatic heterocycles. The zero-order valence-corrected chi connectivity index (χ0v) is 32.1. The maximum Gasteiger partial charge on any atom is 0.238 e.